The number of carbonyl (C=O) groups is 1. The first-order valence-corrected chi connectivity index (χ1v) is 10.2. The fourth-order valence-electron chi connectivity index (χ4n) is 3.31. The highest BCUT2D eigenvalue weighted by atomic mass is 32.1. The van der Waals surface area contributed by atoms with Gasteiger partial charge >= 0.3 is 0 Å². The van der Waals surface area contributed by atoms with Crippen LogP contribution in [0.25, 0.3) is 20.7 Å². The molecule has 0 spiro atoms. The van der Waals surface area contributed by atoms with E-state index in [0.29, 0.717) is 10.2 Å². The molecule has 2 aromatic carbocycles. The van der Waals surface area contributed by atoms with Crippen molar-refractivity contribution in [2.75, 3.05) is 5.32 Å². The van der Waals surface area contributed by atoms with Gasteiger partial charge in [0.2, 0.25) is 5.91 Å². The molecule has 2 heterocycles. The van der Waals surface area contributed by atoms with Gasteiger partial charge in [-0.3, -0.25) is 14.2 Å². The SMILES string of the molecule is Cc1ccc(NC(=O)Cn2cnc3sc(-c4ccccc4)c(C)c3c2=O)cc1C. The Hall–Kier alpha value is -3.25. The van der Waals surface area contributed by atoms with Gasteiger partial charge in [0.15, 0.2) is 0 Å². The molecular formula is C23H21N3O2S. The van der Waals surface area contributed by atoms with Crippen LogP contribution >= 0.6 is 11.3 Å². The van der Waals surface area contributed by atoms with E-state index < -0.39 is 0 Å². The van der Waals surface area contributed by atoms with Crippen LogP contribution in [-0.2, 0) is 11.3 Å². The fraction of sp³-hybridized carbons (Fsp3) is 0.174. The Labute approximate surface area is 172 Å². The molecule has 0 saturated heterocycles. The second-order valence-electron chi connectivity index (χ2n) is 7.13. The summed E-state index contributed by atoms with van der Waals surface area (Å²) in [5.74, 6) is -0.257. The summed E-state index contributed by atoms with van der Waals surface area (Å²) < 4.78 is 1.37. The van der Waals surface area contributed by atoms with E-state index in [1.54, 1.807) is 0 Å². The third-order valence-electron chi connectivity index (χ3n) is 5.06. The number of hydrogen-bond acceptors (Lipinski definition) is 4. The first kappa shape index (κ1) is 19.1. The minimum absolute atomic E-state index is 0.0787. The van der Waals surface area contributed by atoms with Crippen molar-refractivity contribution < 1.29 is 4.79 Å². The lowest BCUT2D eigenvalue weighted by atomic mass is 10.1. The fourth-order valence-corrected chi connectivity index (χ4v) is 4.46. The Morgan fingerprint density at radius 1 is 1.07 bits per heavy atom. The van der Waals surface area contributed by atoms with Crippen molar-refractivity contribution in [2.45, 2.75) is 27.3 Å². The number of anilines is 1. The number of thiophene rings is 1. The third-order valence-corrected chi connectivity index (χ3v) is 6.31. The Morgan fingerprint density at radius 2 is 1.83 bits per heavy atom. The van der Waals surface area contributed by atoms with Crippen LogP contribution in [0.15, 0.2) is 59.7 Å². The maximum Gasteiger partial charge on any atom is 0.262 e. The lowest BCUT2D eigenvalue weighted by molar-refractivity contribution is -0.116. The summed E-state index contributed by atoms with van der Waals surface area (Å²) in [5, 5.41) is 3.43. The summed E-state index contributed by atoms with van der Waals surface area (Å²) in [5.41, 5.74) is 4.75. The topological polar surface area (TPSA) is 64.0 Å². The van der Waals surface area contributed by atoms with E-state index >= 15 is 0 Å². The average molecular weight is 404 g/mol. The molecule has 0 aliphatic rings. The van der Waals surface area contributed by atoms with Crippen LogP contribution in [0.4, 0.5) is 5.69 Å². The molecule has 6 heteroatoms. The summed E-state index contributed by atoms with van der Waals surface area (Å²) in [6.45, 7) is 5.87. The Bertz CT molecular complexity index is 1270. The average Bonchev–Trinajstić information content (AvgIpc) is 3.05. The molecule has 146 valence electrons. The molecule has 0 fully saturated rings. The third kappa shape index (κ3) is 3.71. The predicted octanol–water partition coefficient (Wildman–Crippen LogP) is 4.69. The van der Waals surface area contributed by atoms with Crippen molar-refractivity contribution in [2.24, 2.45) is 0 Å². The van der Waals surface area contributed by atoms with Crippen molar-refractivity contribution in [1.82, 2.24) is 9.55 Å². The van der Waals surface area contributed by atoms with Gasteiger partial charge in [0.1, 0.15) is 11.4 Å². The van der Waals surface area contributed by atoms with Gasteiger partial charge in [-0.2, -0.15) is 0 Å². The maximum atomic E-state index is 13.0. The molecule has 0 atom stereocenters. The van der Waals surface area contributed by atoms with Crippen LogP contribution in [0.3, 0.4) is 0 Å². The molecule has 4 rings (SSSR count). The molecule has 5 nitrogen and oxygen atoms in total. The second-order valence-corrected chi connectivity index (χ2v) is 8.13. The second kappa shape index (κ2) is 7.64. The van der Waals surface area contributed by atoms with E-state index in [0.717, 1.165) is 32.8 Å². The first-order chi connectivity index (χ1) is 13.9. The Morgan fingerprint density at radius 3 is 2.55 bits per heavy atom. The number of aryl methyl sites for hydroxylation is 3. The predicted molar refractivity (Wildman–Crippen MR) is 119 cm³/mol. The smallest absolute Gasteiger partial charge is 0.262 e. The molecule has 2 aromatic heterocycles. The van der Waals surface area contributed by atoms with Crippen LogP contribution in [0, 0.1) is 20.8 Å². The van der Waals surface area contributed by atoms with E-state index in [-0.39, 0.29) is 18.0 Å². The van der Waals surface area contributed by atoms with Gasteiger partial charge in [0.05, 0.1) is 11.7 Å². The zero-order valence-corrected chi connectivity index (χ0v) is 17.3. The van der Waals surface area contributed by atoms with Crippen LogP contribution < -0.4 is 10.9 Å². The van der Waals surface area contributed by atoms with Crippen molar-refractivity contribution in [3.05, 3.63) is 81.9 Å². The number of fused-ring (bicyclic) bond motifs is 1. The van der Waals surface area contributed by atoms with Crippen LogP contribution in [0.1, 0.15) is 16.7 Å². The van der Waals surface area contributed by atoms with E-state index in [4.69, 9.17) is 0 Å². The quantitative estimate of drug-likeness (QED) is 0.538. The van der Waals surface area contributed by atoms with E-state index in [1.807, 2.05) is 69.3 Å². The van der Waals surface area contributed by atoms with E-state index in [1.165, 1.54) is 22.2 Å². The molecule has 0 aliphatic carbocycles. The molecule has 0 saturated carbocycles. The van der Waals surface area contributed by atoms with E-state index in [9.17, 15) is 9.59 Å². The van der Waals surface area contributed by atoms with Gasteiger partial charge < -0.3 is 5.32 Å². The minimum Gasteiger partial charge on any atom is -0.325 e. The molecule has 0 unspecified atom stereocenters. The monoisotopic (exact) mass is 403 g/mol. The number of nitrogens with zero attached hydrogens (tertiary/aromatic N) is 2. The molecular weight excluding hydrogens is 382 g/mol. The van der Waals surface area contributed by atoms with Gasteiger partial charge in [0.25, 0.3) is 5.56 Å². The van der Waals surface area contributed by atoms with Gasteiger partial charge in [-0.05, 0) is 55.2 Å². The minimum atomic E-state index is -0.257. The summed E-state index contributed by atoms with van der Waals surface area (Å²) >= 11 is 1.50. The number of carbonyl (C=O) groups excluding carboxylic acids is 1. The lowest BCUT2D eigenvalue weighted by Gasteiger charge is -2.09. The standard InChI is InChI=1S/C23H21N3O2S/c1-14-9-10-18(11-15(14)2)25-19(27)12-26-13-24-22-20(23(26)28)16(3)21(29-22)17-7-5-4-6-8-17/h4-11,13H,12H2,1-3H3,(H,25,27). The molecule has 1 amide bonds. The normalized spacial score (nSPS) is 11.0. The zero-order chi connectivity index (χ0) is 20.5. The number of rotatable bonds is 4. The highest BCUT2D eigenvalue weighted by Gasteiger charge is 2.16. The number of benzene rings is 2. The number of hydrogen-bond donors (Lipinski definition) is 1. The van der Waals surface area contributed by atoms with Crippen molar-refractivity contribution in [1.29, 1.82) is 0 Å². The summed E-state index contributed by atoms with van der Waals surface area (Å²) in [4.78, 5) is 31.7. The van der Waals surface area contributed by atoms with Crippen LogP contribution in [-0.4, -0.2) is 15.5 Å². The highest BCUT2D eigenvalue weighted by Crippen LogP contribution is 2.35. The Kier molecular flexibility index (Phi) is 5.03. The lowest BCUT2D eigenvalue weighted by Crippen LogP contribution is -2.27. The van der Waals surface area contributed by atoms with Crippen LogP contribution in [0.5, 0.6) is 0 Å². The zero-order valence-electron chi connectivity index (χ0n) is 16.5. The first-order valence-electron chi connectivity index (χ1n) is 9.35. The highest BCUT2D eigenvalue weighted by molar-refractivity contribution is 7.22. The molecule has 0 radical (unpaired) electrons. The van der Waals surface area contributed by atoms with E-state index in [2.05, 4.69) is 10.3 Å². The molecule has 0 aliphatic heterocycles. The van der Waals surface area contributed by atoms with Crippen molar-refractivity contribution >= 4 is 33.1 Å². The summed E-state index contributed by atoms with van der Waals surface area (Å²) in [7, 11) is 0. The largest absolute Gasteiger partial charge is 0.325 e. The molecule has 1 N–H and O–H groups in total. The number of aromatic nitrogens is 2. The van der Waals surface area contributed by atoms with Gasteiger partial charge in [-0.15, -0.1) is 11.3 Å². The van der Waals surface area contributed by atoms with Crippen molar-refractivity contribution in [3.8, 4) is 10.4 Å². The van der Waals surface area contributed by atoms with Gasteiger partial charge in [-0.1, -0.05) is 36.4 Å². The van der Waals surface area contributed by atoms with Crippen molar-refractivity contribution in [3.63, 3.8) is 0 Å². The maximum absolute atomic E-state index is 13.0. The summed E-state index contributed by atoms with van der Waals surface area (Å²) in [6.07, 6.45) is 1.45. The number of nitrogens with one attached hydrogen (secondary N) is 1. The summed E-state index contributed by atoms with van der Waals surface area (Å²) in [6, 6.07) is 15.7. The molecule has 0 bridgehead atoms. The van der Waals surface area contributed by atoms with Crippen LogP contribution in [0.2, 0.25) is 0 Å². The number of amides is 1. The molecule has 4 aromatic rings. The van der Waals surface area contributed by atoms with Gasteiger partial charge in [0, 0.05) is 10.6 Å². The molecule has 29 heavy (non-hydrogen) atoms. The Balaban J connectivity index is 1.64. The van der Waals surface area contributed by atoms with Gasteiger partial charge in [-0.25, -0.2) is 4.98 Å².